The molecule has 4 rings (SSSR count). The van der Waals surface area contributed by atoms with Gasteiger partial charge in [-0.25, -0.2) is 4.68 Å². The van der Waals surface area contributed by atoms with Gasteiger partial charge in [-0.2, -0.15) is 10.2 Å². The summed E-state index contributed by atoms with van der Waals surface area (Å²) >= 11 is 0. The first-order valence-electron chi connectivity index (χ1n) is 9.57. The van der Waals surface area contributed by atoms with E-state index in [9.17, 15) is 9.59 Å². The summed E-state index contributed by atoms with van der Waals surface area (Å²) in [5.41, 5.74) is 2.60. The second-order valence-electron chi connectivity index (χ2n) is 6.70. The van der Waals surface area contributed by atoms with E-state index < -0.39 is 0 Å². The Hall–Kier alpha value is -3.94. The minimum Gasteiger partial charge on any atom is -0.497 e. The number of hydrogen-bond acceptors (Lipinski definition) is 5. The smallest absolute Gasteiger partial charge is 0.274 e. The lowest BCUT2D eigenvalue weighted by molar-refractivity contribution is 0.0945. The molecule has 1 amide bonds. The van der Waals surface area contributed by atoms with E-state index in [-0.39, 0.29) is 23.7 Å². The fourth-order valence-electron chi connectivity index (χ4n) is 3.33. The van der Waals surface area contributed by atoms with Crippen LogP contribution in [0.1, 0.15) is 23.0 Å². The van der Waals surface area contributed by atoms with Gasteiger partial charge < -0.3 is 10.1 Å². The van der Waals surface area contributed by atoms with Crippen LogP contribution in [0.5, 0.6) is 5.75 Å². The van der Waals surface area contributed by atoms with Crippen molar-refractivity contribution in [3.8, 4) is 17.0 Å². The Labute approximate surface area is 172 Å². The molecule has 30 heavy (non-hydrogen) atoms. The lowest BCUT2D eigenvalue weighted by Gasteiger charge is -2.10. The van der Waals surface area contributed by atoms with Crippen molar-refractivity contribution in [2.75, 3.05) is 7.11 Å². The summed E-state index contributed by atoms with van der Waals surface area (Å²) in [6, 6.07) is 14.6. The molecular weight excluding hydrogens is 382 g/mol. The van der Waals surface area contributed by atoms with E-state index >= 15 is 0 Å². The van der Waals surface area contributed by atoms with Gasteiger partial charge in [0.05, 0.1) is 24.4 Å². The summed E-state index contributed by atoms with van der Waals surface area (Å²) in [7, 11) is 1.62. The van der Waals surface area contributed by atoms with Crippen LogP contribution in [0.3, 0.4) is 0 Å². The van der Waals surface area contributed by atoms with Crippen LogP contribution >= 0.6 is 0 Å². The molecule has 0 saturated heterocycles. The number of amides is 1. The van der Waals surface area contributed by atoms with Crippen LogP contribution in [-0.4, -0.2) is 33.0 Å². The first-order valence-corrected chi connectivity index (χ1v) is 9.57. The first kappa shape index (κ1) is 19.4. The van der Waals surface area contributed by atoms with Crippen LogP contribution in [0.2, 0.25) is 0 Å². The lowest BCUT2D eigenvalue weighted by Crippen LogP contribution is -2.30. The summed E-state index contributed by atoms with van der Waals surface area (Å²) in [5, 5.41) is 15.3. The van der Waals surface area contributed by atoms with Gasteiger partial charge in [-0.15, -0.1) is 0 Å². The standard InChI is InChI=1S/C22H21N5O3/c1-3-27-22(29)18-7-5-4-6-17(18)20(26-27)21(28)23-12-15-13-24-25-19(15)14-8-10-16(30-2)11-9-14/h4-11,13H,3,12H2,1-2H3,(H,23,28)(H,24,25). The first-order chi connectivity index (χ1) is 14.6. The molecule has 2 aromatic heterocycles. The highest BCUT2D eigenvalue weighted by Crippen LogP contribution is 2.23. The Morgan fingerprint density at radius 3 is 2.57 bits per heavy atom. The van der Waals surface area contributed by atoms with Crippen molar-refractivity contribution in [2.24, 2.45) is 0 Å². The van der Waals surface area contributed by atoms with Crippen LogP contribution < -0.4 is 15.6 Å². The molecule has 0 bridgehead atoms. The average molecular weight is 403 g/mol. The minimum atomic E-state index is -0.352. The van der Waals surface area contributed by atoms with Gasteiger partial charge >= 0.3 is 0 Å². The van der Waals surface area contributed by atoms with Crippen LogP contribution in [0.4, 0.5) is 0 Å². The third-order valence-electron chi connectivity index (χ3n) is 4.92. The Bertz CT molecular complexity index is 1260. The molecular formula is C22H21N5O3. The molecule has 0 fully saturated rings. The van der Waals surface area contributed by atoms with Gasteiger partial charge in [0, 0.05) is 29.6 Å². The normalized spacial score (nSPS) is 10.9. The molecule has 2 N–H and O–H groups in total. The molecule has 0 aliphatic rings. The van der Waals surface area contributed by atoms with E-state index in [4.69, 9.17) is 4.74 Å². The fourth-order valence-corrected chi connectivity index (χ4v) is 3.33. The van der Waals surface area contributed by atoms with Gasteiger partial charge in [-0.05, 0) is 37.3 Å². The highest BCUT2D eigenvalue weighted by atomic mass is 16.5. The van der Waals surface area contributed by atoms with Crippen LogP contribution in [0, 0.1) is 0 Å². The number of aryl methyl sites for hydroxylation is 1. The number of methoxy groups -OCH3 is 1. The molecule has 0 saturated carbocycles. The molecule has 0 atom stereocenters. The number of ether oxygens (including phenoxy) is 1. The predicted molar refractivity (Wildman–Crippen MR) is 113 cm³/mol. The zero-order chi connectivity index (χ0) is 21.1. The van der Waals surface area contributed by atoms with E-state index in [1.165, 1.54) is 4.68 Å². The molecule has 4 aromatic rings. The van der Waals surface area contributed by atoms with Crippen molar-refractivity contribution in [3.63, 3.8) is 0 Å². The van der Waals surface area contributed by atoms with Crippen LogP contribution in [0.15, 0.2) is 59.5 Å². The number of aromatic nitrogens is 4. The highest BCUT2D eigenvalue weighted by molar-refractivity contribution is 6.04. The van der Waals surface area contributed by atoms with Gasteiger partial charge in [0.2, 0.25) is 0 Å². The van der Waals surface area contributed by atoms with Gasteiger partial charge in [-0.3, -0.25) is 14.7 Å². The number of benzene rings is 2. The number of hydrogen-bond donors (Lipinski definition) is 2. The molecule has 8 heteroatoms. The summed E-state index contributed by atoms with van der Waals surface area (Å²) in [4.78, 5) is 25.4. The number of carbonyl (C=O) groups is 1. The molecule has 8 nitrogen and oxygen atoms in total. The zero-order valence-corrected chi connectivity index (χ0v) is 16.7. The summed E-state index contributed by atoms with van der Waals surface area (Å²) in [6.07, 6.45) is 1.68. The van der Waals surface area contributed by atoms with Crippen molar-refractivity contribution in [3.05, 3.63) is 76.3 Å². The van der Waals surface area contributed by atoms with Crippen molar-refractivity contribution in [1.82, 2.24) is 25.3 Å². The van der Waals surface area contributed by atoms with E-state index in [1.54, 1.807) is 37.6 Å². The van der Waals surface area contributed by atoms with Gasteiger partial charge in [0.1, 0.15) is 5.75 Å². The lowest BCUT2D eigenvalue weighted by atomic mass is 10.1. The maximum absolute atomic E-state index is 12.9. The topological polar surface area (TPSA) is 102 Å². The molecule has 152 valence electrons. The number of aromatic amines is 1. The zero-order valence-electron chi connectivity index (χ0n) is 16.7. The molecule has 2 heterocycles. The third-order valence-corrected chi connectivity index (χ3v) is 4.92. The summed E-state index contributed by atoms with van der Waals surface area (Å²) in [5.74, 6) is 0.410. The molecule has 2 aromatic carbocycles. The molecule has 0 unspecified atom stereocenters. The van der Waals surface area contributed by atoms with Gasteiger partial charge in [0.15, 0.2) is 5.69 Å². The molecule has 0 aliphatic heterocycles. The third kappa shape index (κ3) is 3.55. The van der Waals surface area contributed by atoms with Gasteiger partial charge in [0.25, 0.3) is 11.5 Å². The molecule has 0 aliphatic carbocycles. The Kier molecular flexibility index (Phi) is 5.30. The maximum Gasteiger partial charge on any atom is 0.274 e. The maximum atomic E-state index is 12.9. The quantitative estimate of drug-likeness (QED) is 0.515. The van der Waals surface area contributed by atoms with Crippen LogP contribution in [0.25, 0.3) is 22.0 Å². The second kappa shape index (κ2) is 8.20. The minimum absolute atomic E-state index is 0.207. The fraction of sp³-hybridized carbons (Fsp3) is 0.182. The number of nitrogens with one attached hydrogen (secondary N) is 2. The van der Waals surface area contributed by atoms with E-state index in [0.717, 1.165) is 22.6 Å². The van der Waals surface area contributed by atoms with Crippen LogP contribution in [-0.2, 0) is 13.1 Å². The van der Waals surface area contributed by atoms with Crippen molar-refractivity contribution in [2.45, 2.75) is 20.0 Å². The Balaban J connectivity index is 1.60. The van der Waals surface area contributed by atoms with Gasteiger partial charge in [-0.1, -0.05) is 18.2 Å². The number of fused-ring (bicyclic) bond motifs is 1. The summed E-state index contributed by atoms with van der Waals surface area (Å²) < 4.78 is 6.50. The second-order valence-corrected chi connectivity index (χ2v) is 6.70. The molecule has 0 spiro atoms. The number of nitrogens with zero attached hydrogens (tertiary/aromatic N) is 3. The number of rotatable bonds is 6. The van der Waals surface area contributed by atoms with Crippen molar-refractivity contribution in [1.29, 1.82) is 0 Å². The van der Waals surface area contributed by atoms with E-state index in [1.807, 2.05) is 31.2 Å². The van der Waals surface area contributed by atoms with Crippen molar-refractivity contribution >= 4 is 16.7 Å². The monoisotopic (exact) mass is 403 g/mol. The SMILES string of the molecule is CCn1nc(C(=O)NCc2cn[nH]c2-c2ccc(OC)cc2)c2ccccc2c1=O. The highest BCUT2D eigenvalue weighted by Gasteiger charge is 2.17. The Morgan fingerprint density at radius 1 is 1.13 bits per heavy atom. The largest absolute Gasteiger partial charge is 0.497 e. The number of carbonyl (C=O) groups excluding carboxylic acids is 1. The summed E-state index contributed by atoms with van der Waals surface area (Å²) in [6.45, 7) is 2.46. The number of H-pyrrole nitrogens is 1. The molecule has 0 radical (unpaired) electrons. The van der Waals surface area contributed by atoms with E-state index in [0.29, 0.717) is 17.3 Å². The Morgan fingerprint density at radius 2 is 1.87 bits per heavy atom. The predicted octanol–water partition coefficient (Wildman–Crippen LogP) is 2.75. The van der Waals surface area contributed by atoms with E-state index in [2.05, 4.69) is 20.6 Å². The van der Waals surface area contributed by atoms with Crippen molar-refractivity contribution < 1.29 is 9.53 Å². The average Bonchev–Trinajstić information content (AvgIpc) is 3.26.